The van der Waals surface area contributed by atoms with E-state index in [9.17, 15) is 0 Å². The highest BCUT2D eigenvalue weighted by Crippen LogP contribution is 2.50. The molecule has 2 aliphatic carbocycles. The Hall–Kier alpha value is -1.44. The number of aromatic nitrogens is 2. The van der Waals surface area contributed by atoms with Crippen molar-refractivity contribution in [1.29, 1.82) is 0 Å². The van der Waals surface area contributed by atoms with E-state index in [1.165, 1.54) is 87.0 Å². The molecule has 0 aromatic carbocycles. The summed E-state index contributed by atoms with van der Waals surface area (Å²) in [6.45, 7) is 0. The van der Waals surface area contributed by atoms with Gasteiger partial charge in [0.15, 0.2) is 0 Å². The Morgan fingerprint density at radius 3 is 1.14 bits per heavy atom. The van der Waals surface area contributed by atoms with Crippen molar-refractivity contribution in [2.24, 2.45) is 0 Å². The summed E-state index contributed by atoms with van der Waals surface area (Å²) < 4.78 is 0. The normalized spacial score (nSPS) is 25.1. The molecule has 2 saturated carbocycles. The zero-order valence-corrected chi connectivity index (χ0v) is 13.4. The van der Waals surface area contributed by atoms with E-state index in [-0.39, 0.29) is 10.8 Å². The summed E-state index contributed by atoms with van der Waals surface area (Å²) in [6, 6.07) is 9.61. The van der Waals surface area contributed by atoms with Crippen molar-refractivity contribution in [2.45, 2.75) is 75.0 Å². The van der Waals surface area contributed by atoms with Crippen molar-refractivity contribution in [3.8, 4) is 0 Å². The van der Waals surface area contributed by atoms with Crippen molar-refractivity contribution < 1.29 is 0 Å². The summed E-state index contributed by atoms with van der Waals surface area (Å²) >= 11 is 0. The molecule has 2 spiro atoms. The van der Waals surface area contributed by atoms with Gasteiger partial charge in [0, 0.05) is 22.8 Å². The van der Waals surface area contributed by atoms with Gasteiger partial charge >= 0.3 is 0 Å². The van der Waals surface area contributed by atoms with E-state index in [1.807, 2.05) is 0 Å². The second-order valence-electron chi connectivity index (χ2n) is 7.86. The molecule has 5 rings (SSSR count). The molecular weight excluding hydrogens is 268 g/mol. The largest absolute Gasteiger partial charge is 0.361 e. The fraction of sp³-hybridized carbons (Fsp3) is 0.600. The maximum atomic E-state index is 3.92. The first kappa shape index (κ1) is 13.0. The predicted molar refractivity (Wildman–Crippen MR) is 89.3 cm³/mol. The highest BCUT2D eigenvalue weighted by atomic mass is 14.9. The minimum Gasteiger partial charge on any atom is -0.361 e. The summed E-state index contributed by atoms with van der Waals surface area (Å²) in [4.78, 5) is 7.83. The highest BCUT2D eigenvalue weighted by Gasteiger charge is 2.45. The molecule has 2 aromatic rings. The van der Waals surface area contributed by atoms with Crippen LogP contribution in [0.2, 0.25) is 0 Å². The zero-order chi connectivity index (χ0) is 14.6. The van der Waals surface area contributed by atoms with Crippen LogP contribution in [0.25, 0.3) is 0 Å². The zero-order valence-electron chi connectivity index (χ0n) is 13.4. The Morgan fingerprint density at radius 2 is 0.818 bits per heavy atom. The standard InChI is InChI=1S/C20H26N2/c1-3-11-19(12-4-1)15-7-9-17(21-15)20(13-5-2-6-14-20)18-10-8-16(19)22-18/h7-10,21-22H,1-6,11-14H2. The number of rotatable bonds is 0. The second kappa shape index (κ2) is 4.53. The summed E-state index contributed by atoms with van der Waals surface area (Å²) in [6.07, 6.45) is 13.4. The number of hydrogen-bond donors (Lipinski definition) is 2. The summed E-state index contributed by atoms with van der Waals surface area (Å²) in [5, 5.41) is 0. The Balaban J connectivity index is 1.72. The summed E-state index contributed by atoms with van der Waals surface area (Å²) in [5.41, 5.74) is 6.34. The molecule has 2 nitrogen and oxygen atoms in total. The molecule has 2 heteroatoms. The van der Waals surface area contributed by atoms with Crippen molar-refractivity contribution in [1.82, 2.24) is 9.97 Å². The van der Waals surface area contributed by atoms with Gasteiger partial charge in [-0.25, -0.2) is 0 Å². The van der Waals surface area contributed by atoms with E-state index in [0.29, 0.717) is 0 Å². The molecule has 22 heavy (non-hydrogen) atoms. The third-order valence-corrected chi connectivity index (χ3v) is 6.85. The van der Waals surface area contributed by atoms with Crippen LogP contribution in [0.5, 0.6) is 0 Å². The van der Waals surface area contributed by atoms with Crippen LogP contribution in [0.1, 0.15) is 87.0 Å². The van der Waals surface area contributed by atoms with Crippen LogP contribution < -0.4 is 0 Å². The van der Waals surface area contributed by atoms with E-state index < -0.39 is 0 Å². The SMILES string of the molecule is c1cc2[nH]c1C1(CCCCC1)c1ccc([nH]1)C21CCCCC1. The monoisotopic (exact) mass is 294 g/mol. The molecule has 1 aliphatic heterocycles. The molecule has 3 aliphatic rings. The molecule has 3 heterocycles. The molecule has 2 aromatic heterocycles. The molecule has 4 bridgehead atoms. The first-order chi connectivity index (χ1) is 10.8. The van der Waals surface area contributed by atoms with E-state index in [2.05, 4.69) is 34.2 Å². The first-order valence-corrected chi connectivity index (χ1v) is 9.24. The van der Waals surface area contributed by atoms with Gasteiger partial charge < -0.3 is 9.97 Å². The quantitative estimate of drug-likeness (QED) is 0.673. The fourth-order valence-corrected chi connectivity index (χ4v) is 5.58. The molecule has 2 fully saturated rings. The van der Waals surface area contributed by atoms with E-state index in [4.69, 9.17) is 0 Å². The number of H-pyrrole nitrogens is 2. The molecule has 2 N–H and O–H groups in total. The molecule has 0 unspecified atom stereocenters. The van der Waals surface area contributed by atoms with Crippen LogP contribution in [-0.4, -0.2) is 9.97 Å². The Bertz CT molecular complexity index is 577. The second-order valence-corrected chi connectivity index (χ2v) is 7.86. The average molecular weight is 294 g/mol. The molecular formula is C20H26N2. The number of fused-ring (bicyclic) bond motifs is 8. The Labute approximate surface area is 132 Å². The van der Waals surface area contributed by atoms with Gasteiger partial charge in [0.25, 0.3) is 0 Å². The van der Waals surface area contributed by atoms with Gasteiger partial charge in [-0.1, -0.05) is 38.5 Å². The first-order valence-electron chi connectivity index (χ1n) is 9.24. The van der Waals surface area contributed by atoms with Gasteiger partial charge in [0.05, 0.1) is 10.8 Å². The molecule has 0 radical (unpaired) electrons. The predicted octanol–water partition coefficient (Wildman–Crippen LogP) is 5.16. The maximum absolute atomic E-state index is 3.92. The maximum Gasteiger partial charge on any atom is 0.0503 e. The van der Waals surface area contributed by atoms with E-state index >= 15 is 0 Å². The van der Waals surface area contributed by atoms with E-state index in [0.717, 1.165) is 0 Å². The van der Waals surface area contributed by atoms with Crippen LogP contribution in [0.15, 0.2) is 24.3 Å². The van der Waals surface area contributed by atoms with Crippen molar-refractivity contribution >= 4 is 0 Å². The highest BCUT2D eigenvalue weighted by molar-refractivity contribution is 5.44. The average Bonchev–Trinajstić information content (AvgIpc) is 3.27. The minimum atomic E-state index is 0.227. The van der Waals surface area contributed by atoms with Gasteiger partial charge in [-0.3, -0.25) is 0 Å². The van der Waals surface area contributed by atoms with Gasteiger partial charge in [0.1, 0.15) is 0 Å². The molecule has 116 valence electrons. The van der Waals surface area contributed by atoms with E-state index in [1.54, 1.807) is 0 Å². The summed E-state index contributed by atoms with van der Waals surface area (Å²) in [5.74, 6) is 0. The van der Waals surface area contributed by atoms with Gasteiger partial charge in [-0.15, -0.1) is 0 Å². The molecule has 0 amide bonds. The summed E-state index contributed by atoms with van der Waals surface area (Å²) in [7, 11) is 0. The lowest BCUT2D eigenvalue weighted by Gasteiger charge is -2.40. The van der Waals surface area contributed by atoms with Crippen LogP contribution in [0.3, 0.4) is 0 Å². The van der Waals surface area contributed by atoms with Crippen molar-refractivity contribution in [2.75, 3.05) is 0 Å². The van der Waals surface area contributed by atoms with Crippen LogP contribution in [-0.2, 0) is 10.8 Å². The third kappa shape index (κ3) is 1.56. The Kier molecular flexibility index (Phi) is 2.69. The van der Waals surface area contributed by atoms with Gasteiger partial charge in [0.2, 0.25) is 0 Å². The lowest BCUT2D eigenvalue weighted by molar-refractivity contribution is 0.308. The fourth-order valence-electron chi connectivity index (χ4n) is 5.58. The van der Waals surface area contributed by atoms with Gasteiger partial charge in [-0.05, 0) is 49.9 Å². The van der Waals surface area contributed by atoms with Crippen molar-refractivity contribution in [3.63, 3.8) is 0 Å². The number of aromatic amines is 2. The van der Waals surface area contributed by atoms with Crippen LogP contribution in [0, 0.1) is 0 Å². The number of nitrogens with one attached hydrogen (secondary N) is 2. The van der Waals surface area contributed by atoms with Gasteiger partial charge in [-0.2, -0.15) is 0 Å². The number of hydrogen-bond acceptors (Lipinski definition) is 0. The lowest BCUT2D eigenvalue weighted by Crippen LogP contribution is -2.36. The third-order valence-electron chi connectivity index (χ3n) is 6.85. The minimum absolute atomic E-state index is 0.227. The Morgan fingerprint density at radius 1 is 0.500 bits per heavy atom. The lowest BCUT2D eigenvalue weighted by atomic mass is 9.69. The molecule has 0 saturated heterocycles. The van der Waals surface area contributed by atoms with Crippen LogP contribution in [0.4, 0.5) is 0 Å². The van der Waals surface area contributed by atoms with Crippen LogP contribution >= 0.6 is 0 Å². The smallest absolute Gasteiger partial charge is 0.0503 e. The molecule has 0 atom stereocenters. The topological polar surface area (TPSA) is 31.6 Å². The van der Waals surface area contributed by atoms with Crippen molar-refractivity contribution in [3.05, 3.63) is 47.0 Å².